The van der Waals surface area contributed by atoms with Crippen molar-refractivity contribution in [3.8, 4) is 17.4 Å². The molecule has 7 nitrogen and oxygen atoms in total. The van der Waals surface area contributed by atoms with Gasteiger partial charge in [-0.1, -0.05) is 18.2 Å². The Morgan fingerprint density at radius 3 is 2.74 bits per heavy atom. The number of aliphatic hydroxyl groups excluding tert-OH is 1. The molecule has 7 heteroatoms. The zero-order valence-electron chi connectivity index (χ0n) is 17.8. The van der Waals surface area contributed by atoms with E-state index < -0.39 is 0 Å². The summed E-state index contributed by atoms with van der Waals surface area (Å²) in [6.45, 7) is 2.34. The van der Waals surface area contributed by atoms with E-state index in [1.54, 1.807) is 17.7 Å². The minimum atomic E-state index is -0.325. The zero-order valence-corrected chi connectivity index (χ0v) is 17.8. The number of nitrogens with zero attached hydrogens (tertiary/aromatic N) is 1. The van der Waals surface area contributed by atoms with Crippen LogP contribution in [0, 0.1) is 5.92 Å². The lowest BCUT2D eigenvalue weighted by molar-refractivity contribution is -0.117. The number of carbonyl (C=O) groups is 1. The maximum atomic E-state index is 12.3. The summed E-state index contributed by atoms with van der Waals surface area (Å²) in [4.78, 5) is 12.3. The maximum Gasteiger partial charge on any atom is 0.227 e. The quantitative estimate of drug-likeness (QED) is 0.481. The molecule has 1 aliphatic carbocycles. The number of anilines is 1. The van der Waals surface area contributed by atoms with Gasteiger partial charge in [-0.05, 0) is 49.9 Å². The molecule has 1 saturated carbocycles. The minimum absolute atomic E-state index is 0.0110. The molecule has 1 heterocycles. The van der Waals surface area contributed by atoms with E-state index >= 15 is 0 Å². The molecule has 0 saturated heterocycles. The van der Waals surface area contributed by atoms with Gasteiger partial charge in [-0.2, -0.15) is 0 Å². The van der Waals surface area contributed by atoms with Crippen LogP contribution in [0.3, 0.4) is 0 Å². The summed E-state index contributed by atoms with van der Waals surface area (Å²) in [5, 5.41) is 25.2. The first kappa shape index (κ1) is 21.1. The Hall–Kier alpha value is -3.19. The lowest BCUT2D eigenvalue weighted by Gasteiger charge is -2.21. The molecule has 1 unspecified atom stereocenters. The number of carbonyl (C=O) groups excluding carboxylic acids is 1. The normalized spacial score (nSPS) is 14.4. The topological polar surface area (TPSA) is 93.0 Å². The van der Waals surface area contributed by atoms with Crippen LogP contribution in [-0.2, 0) is 4.79 Å². The molecule has 2 aromatic carbocycles. The first-order chi connectivity index (χ1) is 15.1. The number of hydrogen-bond acceptors (Lipinski definition) is 5. The third-order valence-electron chi connectivity index (χ3n) is 5.66. The fraction of sp³-hybridized carbons (Fsp3) is 0.375. The van der Waals surface area contributed by atoms with Crippen molar-refractivity contribution in [1.82, 2.24) is 4.57 Å². The van der Waals surface area contributed by atoms with Gasteiger partial charge in [0.1, 0.15) is 0 Å². The van der Waals surface area contributed by atoms with Gasteiger partial charge in [0.2, 0.25) is 11.8 Å². The van der Waals surface area contributed by atoms with E-state index in [2.05, 4.69) is 5.32 Å². The van der Waals surface area contributed by atoms with Crippen LogP contribution in [0.15, 0.2) is 42.6 Å². The number of aliphatic hydroxyl groups is 1. The van der Waals surface area contributed by atoms with Gasteiger partial charge in [0.15, 0.2) is 11.5 Å². The molecule has 0 radical (unpaired) electrons. The Balaban J connectivity index is 1.76. The van der Waals surface area contributed by atoms with Gasteiger partial charge in [-0.15, -0.1) is 0 Å². The molecule has 164 valence electrons. The maximum absolute atomic E-state index is 12.3. The first-order valence-electron chi connectivity index (χ1n) is 10.6. The number of fused-ring (bicyclic) bond motifs is 1. The summed E-state index contributed by atoms with van der Waals surface area (Å²) < 4.78 is 12.8. The van der Waals surface area contributed by atoms with E-state index in [9.17, 15) is 15.0 Å². The highest BCUT2D eigenvalue weighted by atomic mass is 16.5. The number of benzene rings is 2. The highest BCUT2D eigenvalue weighted by Gasteiger charge is 2.30. The van der Waals surface area contributed by atoms with Crippen molar-refractivity contribution in [2.45, 2.75) is 32.2 Å². The van der Waals surface area contributed by atoms with Crippen molar-refractivity contribution in [3.63, 3.8) is 0 Å². The predicted molar refractivity (Wildman–Crippen MR) is 119 cm³/mol. The molecule has 0 spiro atoms. The first-order valence-corrected chi connectivity index (χ1v) is 10.6. The Morgan fingerprint density at radius 2 is 2.06 bits per heavy atom. The van der Waals surface area contributed by atoms with Gasteiger partial charge >= 0.3 is 0 Å². The summed E-state index contributed by atoms with van der Waals surface area (Å²) in [6, 6.07) is 10.8. The predicted octanol–water partition coefficient (Wildman–Crippen LogP) is 4.07. The second-order valence-corrected chi connectivity index (χ2v) is 7.76. The number of aromatic hydroxyl groups is 1. The summed E-state index contributed by atoms with van der Waals surface area (Å²) in [7, 11) is 1.59. The molecule has 0 aliphatic heterocycles. The van der Waals surface area contributed by atoms with Gasteiger partial charge in [0.05, 0.1) is 30.8 Å². The Bertz CT molecular complexity index is 1090. The van der Waals surface area contributed by atoms with Crippen LogP contribution >= 0.6 is 0 Å². The Kier molecular flexibility index (Phi) is 6.04. The van der Waals surface area contributed by atoms with Crippen molar-refractivity contribution >= 4 is 22.4 Å². The average molecular weight is 424 g/mol. The average Bonchev–Trinajstić information content (AvgIpc) is 3.57. The van der Waals surface area contributed by atoms with Crippen LogP contribution in [0.25, 0.3) is 10.8 Å². The van der Waals surface area contributed by atoms with E-state index in [0.29, 0.717) is 35.6 Å². The molecule has 1 fully saturated rings. The number of hydrogen-bond donors (Lipinski definition) is 3. The summed E-state index contributed by atoms with van der Waals surface area (Å²) >= 11 is 0. The fourth-order valence-corrected chi connectivity index (χ4v) is 3.95. The van der Waals surface area contributed by atoms with E-state index in [1.165, 1.54) is 0 Å². The van der Waals surface area contributed by atoms with Crippen molar-refractivity contribution in [3.05, 3.63) is 48.2 Å². The minimum Gasteiger partial charge on any atom is -0.494 e. The highest BCUT2D eigenvalue weighted by Crippen LogP contribution is 2.40. The molecule has 1 amide bonds. The van der Waals surface area contributed by atoms with Crippen LogP contribution in [0.1, 0.15) is 37.8 Å². The molecular weight excluding hydrogens is 396 g/mol. The summed E-state index contributed by atoms with van der Waals surface area (Å²) in [5.41, 5.74) is 1.47. The van der Waals surface area contributed by atoms with Gasteiger partial charge in [0, 0.05) is 24.1 Å². The third kappa shape index (κ3) is 4.18. The number of amides is 1. The van der Waals surface area contributed by atoms with E-state index in [4.69, 9.17) is 9.47 Å². The molecular formula is C24H28N2O5. The summed E-state index contributed by atoms with van der Waals surface area (Å²) in [5.74, 6) is 1.34. The molecule has 0 bridgehead atoms. The highest BCUT2D eigenvalue weighted by molar-refractivity contribution is 6.05. The van der Waals surface area contributed by atoms with Crippen LogP contribution in [-0.4, -0.2) is 41.0 Å². The van der Waals surface area contributed by atoms with Crippen LogP contribution in [0.5, 0.6) is 17.4 Å². The van der Waals surface area contributed by atoms with E-state index in [-0.39, 0.29) is 30.4 Å². The van der Waals surface area contributed by atoms with Crippen LogP contribution in [0.2, 0.25) is 0 Å². The number of methoxy groups -OCH3 is 1. The Morgan fingerprint density at radius 1 is 1.26 bits per heavy atom. The smallest absolute Gasteiger partial charge is 0.227 e. The molecule has 1 atom stereocenters. The number of aromatic nitrogens is 1. The second-order valence-electron chi connectivity index (χ2n) is 7.76. The van der Waals surface area contributed by atoms with Gasteiger partial charge in [-0.3, -0.25) is 4.79 Å². The second kappa shape index (κ2) is 8.89. The SMILES string of the molecule is CCOc1cc(C(CCO)n2cc3cccc(NC(=O)C4CC4)c3c2O)ccc1OC. The Labute approximate surface area is 181 Å². The molecule has 4 rings (SSSR count). The molecule has 3 N–H and O–H groups in total. The molecule has 3 aromatic rings. The van der Waals surface area contributed by atoms with Crippen molar-refractivity contribution in [1.29, 1.82) is 0 Å². The monoisotopic (exact) mass is 424 g/mol. The van der Waals surface area contributed by atoms with Crippen LogP contribution < -0.4 is 14.8 Å². The van der Waals surface area contributed by atoms with E-state index in [0.717, 1.165) is 23.8 Å². The summed E-state index contributed by atoms with van der Waals surface area (Å²) in [6.07, 6.45) is 4.07. The zero-order chi connectivity index (χ0) is 22.0. The van der Waals surface area contributed by atoms with Crippen molar-refractivity contribution in [2.24, 2.45) is 5.92 Å². The van der Waals surface area contributed by atoms with E-state index in [1.807, 2.05) is 43.5 Å². The van der Waals surface area contributed by atoms with Crippen molar-refractivity contribution < 1.29 is 24.5 Å². The van der Waals surface area contributed by atoms with Crippen molar-refractivity contribution in [2.75, 3.05) is 25.6 Å². The number of nitrogens with one attached hydrogen (secondary N) is 1. The lowest BCUT2D eigenvalue weighted by Crippen LogP contribution is -2.13. The molecule has 1 aliphatic rings. The number of ether oxygens (including phenoxy) is 2. The molecule has 31 heavy (non-hydrogen) atoms. The lowest BCUT2D eigenvalue weighted by atomic mass is 10.0. The fourth-order valence-electron chi connectivity index (χ4n) is 3.95. The van der Waals surface area contributed by atoms with Gasteiger partial charge in [-0.25, -0.2) is 0 Å². The molecule has 1 aromatic heterocycles. The number of rotatable bonds is 9. The van der Waals surface area contributed by atoms with Gasteiger partial charge < -0.3 is 29.6 Å². The van der Waals surface area contributed by atoms with Crippen LogP contribution in [0.4, 0.5) is 5.69 Å². The largest absolute Gasteiger partial charge is 0.494 e. The van der Waals surface area contributed by atoms with Gasteiger partial charge in [0.25, 0.3) is 0 Å². The standard InChI is InChI=1S/C24H28N2O5/c1-3-31-21-13-16(9-10-20(21)30-2)19(11-12-27)26-14-17-5-4-6-18(22(17)24(26)29)25-23(28)15-7-8-15/h4-6,9-10,13-15,19,27,29H,3,7-8,11-12H2,1-2H3,(H,25,28). The third-order valence-corrected chi connectivity index (χ3v) is 5.66.